The van der Waals surface area contributed by atoms with Gasteiger partial charge in [0.2, 0.25) is 0 Å². The van der Waals surface area contributed by atoms with Crippen LogP contribution in [-0.2, 0) is 9.53 Å². The number of nitro benzene ring substituents is 1. The number of fused-ring (bicyclic) bond motifs is 1. The Morgan fingerprint density at radius 2 is 1.93 bits per heavy atom. The molecule has 0 fully saturated rings. The second-order valence-electron chi connectivity index (χ2n) is 8.61. The predicted octanol–water partition coefficient (Wildman–Crippen LogP) is 4.45. The first kappa shape index (κ1) is 27.2. The third-order valence-corrected chi connectivity index (χ3v) is 7.72. The molecule has 0 amide bonds. The lowest BCUT2D eigenvalue weighted by atomic mass is 9.93. The Balaban J connectivity index is 1.84. The Labute approximate surface area is 238 Å². The van der Waals surface area contributed by atoms with E-state index in [9.17, 15) is 29.2 Å². The fraction of sp³-hybridized carbons (Fsp3) is 0.107. The van der Waals surface area contributed by atoms with Crippen molar-refractivity contribution in [1.29, 1.82) is 0 Å². The maximum absolute atomic E-state index is 13.9. The summed E-state index contributed by atoms with van der Waals surface area (Å²) in [6.45, 7) is 1.73. The largest absolute Gasteiger partial charge is 0.506 e. The quantitative estimate of drug-likeness (QED) is 0.192. The number of aromatic nitrogens is 1. The second kappa shape index (κ2) is 11.0. The summed E-state index contributed by atoms with van der Waals surface area (Å²) in [5, 5.41) is 21.9. The maximum Gasteiger partial charge on any atom is 0.338 e. The lowest BCUT2D eigenvalue weighted by molar-refractivity contribution is -0.385. The number of nitro groups is 1. The number of halogens is 2. The molecule has 1 aromatic heterocycles. The van der Waals surface area contributed by atoms with Gasteiger partial charge in [0.05, 0.1) is 37.8 Å². The molecular weight excluding hydrogens is 605 g/mol. The minimum Gasteiger partial charge on any atom is -0.506 e. The lowest BCUT2D eigenvalue weighted by Gasteiger charge is -2.25. The number of thiazole rings is 1. The number of carbonyl (C=O) groups is 1. The molecule has 0 spiro atoms. The molecule has 0 aliphatic carbocycles. The number of ether oxygens (including phenoxy) is 1. The van der Waals surface area contributed by atoms with E-state index in [-0.39, 0.29) is 43.0 Å². The van der Waals surface area contributed by atoms with Gasteiger partial charge in [0.25, 0.3) is 11.2 Å². The molecule has 1 atom stereocenters. The van der Waals surface area contributed by atoms with Gasteiger partial charge in [0, 0.05) is 23.3 Å². The van der Waals surface area contributed by atoms with Gasteiger partial charge in [-0.1, -0.05) is 53.8 Å². The molecular formula is C28H19BrFN3O6S. The van der Waals surface area contributed by atoms with Gasteiger partial charge in [-0.05, 0) is 46.6 Å². The van der Waals surface area contributed by atoms with Crippen LogP contribution in [0.4, 0.5) is 10.1 Å². The van der Waals surface area contributed by atoms with Gasteiger partial charge >= 0.3 is 5.97 Å². The van der Waals surface area contributed by atoms with Crippen molar-refractivity contribution in [2.75, 3.05) is 6.61 Å². The Morgan fingerprint density at radius 3 is 2.58 bits per heavy atom. The van der Waals surface area contributed by atoms with Crippen LogP contribution in [0.15, 0.2) is 86.6 Å². The summed E-state index contributed by atoms with van der Waals surface area (Å²) in [6.07, 6.45) is 1.33. The highest BCUT2D eigenvalue weighted by Gasteiger charge is 2.35. The summed E-state index contributed by atoms with van der Waals surface area (Å²) in [7, 11) is 0. The van der Waals surface area contributed by atoms with Gasteiger partial charge in [-0.15, -0.1) is 0 Å². The third kappa shape index (κ3) is 4.98. The first-order chi connectivity index (χ1) is 19.2. The minimum atomic E-state index is -1.02. The molecule has 12 heteroatoms. The number of hydrogen-bond acceptors (Lipinski definition) is 8. The van der Waals surface area contributed by atoms with E-state index in [0.29, 0.717) is 16.8 Å². The van der Waals surface area contributed by atoms with Gasteiger partial charge < -0.3 is 9.84 Å². The second-order valence-corrected chi connectivity index (χ2v) is 10.5. The number of phenols is 1. The molecule has 5 rings (SSSR count). The number of phenolic OH excluding ortho intramolecular Hbond substituents is 1. The van der Waals surface area contributed by atoms with Crippen LogP contribution in [0.1, 0.15) is 29.7 Å². The summed E-state index contributed by atoms with van der Waals surface area (Å²) in [5.74, 6) is -1.47. The fourth-order valence-corrected chi connectivity index (χ4v) is 5.82. The zero-order valence-electron chi connectivity index (χ0n) is 20.7. The standard InChI is InChI=1S/C28H19BrFN3O6S/c1-2-39-27(36)22-23(15-6-4-3-5-7-15)31-28-32(24(22)16-8-10-18(30)11-9-16)26(35)21(40-28)13-17-12-19(33(37)38)14-20(29)25(17)34/h3-14,24,34H,2H2,1H3/b21-13-/t24-/m1/s1. The highest BCUT2D eigenvalue weighted by molar-refractivity contribution is 9.10. The Bertz CT molecular complexity index is 1870. The monoisotopic (exact) mass is 623 g/mol. The highest BCUT2D eigenvalue weighted by Crippen LogP contribution is 2.36. The zero-order chi connectivity index (χ0) is 28.6. The van der Waals surface area contributed by atoms with E-state index in [1.807, 2.05) is 6.07 Å². The van der Waals surface area contributed by atoms with Gasteiger partial charge in [-0.2, -0.15) is 0 Å². The Kier molecular flexibility index (Phi) is 7.46. The summed E-state index contributed by atoms with van der Waals surface area (Å²) in [4.78, 5) is 42.9. The van der Waals surface area contributed by atoms with E-state index in [1.165, 1.54) is 34.9 Å². The molecule has 0 saturated carbocycles. The molecule has 0 radical (unpaired) electrons. The molecule has 0 unspecified atom stereocenters. The van der Waals surface area contributed by atoms with Crippen LogP contribution in [0, 0.1) is 15.9 Å². The number of benzene rings is 3. The van der Waals surface area contributed by atoms with Crippen LogP contribution in [0.2, 0.25) is 0 Å². The number of hydrogen-bond donors (Lipinski definition) is 1. The molecule has 1 aliphatic rings. The minimum absolute atomic E-state index is 0.0394. The SMILES string of the molecule is CCOC(=O)C1=C(c2ccccc2)N=c2s/c(=C\c3cc([N+](=O)[O-])cc(Br)c3O)c(=O)n2[C@@H]1c1ccc(F)cc1. The Morgan fingerprint density at radius 1 is 1.23 bits per heavy atom. The summed E-state index contributed by atoms with van der Waals surface area (Å²) in [5.41, 5.74) is 0.633. The van der Waals surface area contributed by atoms with Crippen molar-refractivity contribution in [2.24, 2.45) is 4.99 Å². The van der Waals surface area contributed by atoms with Crippen LogP contribution in [0.3, 0.4) is 0 Å². The predicted molar refractivity (Wildman–Crippen MR) is 150 cm³/mol. The molecule has 3 aromatic carbocycles. The summed E-state index contributed by atoms with van der Waals surface area (Å²) >= 11 is 4.10. The summed E-state index contributed by atoms with van der Waals surface area (Å²) in [6, 6.07) is 15.6. The Hall–Kier alpha value is -4.42. The van der Waals surface area contributed by atoms with Crippen molar-refractivity contribution < 1.29 is 24.0 Å². The normalized spacial score (nSPS) is 15.0. The molecule has 1 N–H and O–H groups in total. The zero-order valence-corrected chi connectivity index (χ0v) is 23.1. The number of esters is 1. The van der Waals surface area contributed by atoms with Crippen LogP contribution in [-0.4, -0.2) is 27.2 Å². The van der Waals surface area contributed by atoms with Gasteiger partial charge in [0.15, 0.2) is 4.80 Å². The number of carbonyl (C=O) groups excluding carboxylic acids is 1. The molecule has 0 saturated heterocycles. The van der Waals surface area contributed by atoms with Crippen LogP contribution in [0.5, 0.6) is 5.75 Å². The number of non-ortho nitro benzene ring substituents is 1. The fourth-order valence-electron chi connectivity index (χ4n) is 4.36. The van der Waals surface area contributed by atoms with Crippen molar-refractivity contribution >= 4 is 50.7 Å². The number of aromatic hydroxyl groups is 1. The van der Waals surface area contributed by atoms with E-state index < -0.39 is 28.3 Å². The topological polar surface area (TPSA) is 124 Å². The van der Waals surface area contributed by atoms with Crippen molar-refractivity contribution in [3.8, 4) is 5.75 Å². The van der Waals surface area contributed by atoms with Crippen LogP contribution < -0.4 is 14.9 Å². The van der Waals surface area contributed by atoms with E-state index in [0.717, 1.165) is 23.5 Å². The van der Waals surface area contributed by atoms with E-state index in [4.69, 9.17) is 4.74 Å². The van der Waals surface area contributed by atoms with Gasteiger partial charge in [-0.25, -0.2) is 14.2 Å². The molecule has 4 aromatic rings. The van der Waals surface area contributed by atoms with Crippen molar-refractivity contribution in [2.45, 2.75) is 13.0 Å². The first-order valence-electron chi connectivity index (χ1n) is 11.9. The third-order valence-electron chi connectivity index (χ3n) is 6.13. The molecule has 9 nitrogen and oxygen atoms in total. The van der Waals surface area contributed by atoms with E-state index in [2.05, 4.69) is 20.9 Å². The molecule has 2 heterocycles. The average molecular weight is 624 g/mol. The lowest BCUT2D eigenvalue weighted by Crippen LogP contribution is -2.40. The first-order valence-corrected chi connectivity index (χ1v) is 13.5. The van der Waals surface area contributed by atoms with Crippen molar-refractivity contribution in [1.82, 2.24) is 4.57 Å². The maximum atomic E-state index is 13.9. The van der Waals surface area contributed by atoms with Gasteiger partial charge in [0.1, 0.15) is 11.6 Å². The molecule has 1 aliphatic heterocycles. The van der Waals surface area contributed by atoms with Crippen molar-refractivity contribution in [3.05, 3.63) is 129 Å². The van der Waals surface area contributed by atoms with E-state index >= 15 is 0 Å². The molecule has 40 heavy (non-hydrogen) atoms. The summed E-state index contributed by atoms with van der Waals surface area (Å²) < 4.78 is 20.8. The molecule has 0 bridgehead atoms. The van der Waals surface area contributed by atoms with Crippen LogP contribution in [0.25, 0.3) is 11.8 Å². The van der Waals surface area contributed by atoms with Crippen molar-refractivity contribution in [3.63, 3.8) is 0 Å². The van der Waals surface area contributed by atoms with Gasteiger partial charge in [-0.3, -0.25) is 19.5 Å². The van der Waals surface area contributed by atoms with Crippen LogP contribution >= 0.6 is 27.3 Å². The highest BCUT2D eigenvalue weighted by atomic mass is 79.9. The average Bonchev–Trinajstić information content (AvgIpc) is 3.25. The number of nitrogens with zero attached hydrogens (tertiary/aromatic N) is 3. The number of rotatable bonds is 6. The van der Waals surface area contributed by atoms with E-state index in [1.54, 1.807) is 31.2 Å². The smallest absolute Gasteiger partial charge is 0.338 e. The molecule has 202 valence electrons.